The molecular weight excluding hydrogens is 360 g/mol. The number of hydrogen-bond acceptors (Lipinski definition) is 3. The molecule has 0 radical (unpaired) electrons. The van der Waals surface area contributed by atoms with Gasteiger partial charge in [-0.25, -0.2) is 0 Å². The van der Waals surface area contributed by atoms with Gasteiger partial charge in [0.15, 0.2) is 0 Å². The SMILES string of the molecule is CCCCCCCCCCCCCCCCCCCCCCCCC(=O)OC=O. The number of rotatable bonds is 24. The summed E-state index contributed by atoms with van der Waals surface area (Å²) < 4.78 is 4.27. The van der Waals surface area contributed by atoms with E-state index >= 15 is 0 Å². The highest BCUT2D eigenvalue weighted by Gasteiger charge is 2.01. The van der Waals surface area contributed by atoms with Crippen molar-refractivity contribution in [3.8, 4) is 0 Å². The lowest BCUT2D eigenvalue weighted by Crippen LogP contribution is -2.01. The second kappa shape index (κ2) is 25.2. The first-order chi connectivity index (χ1) is 14.3. The second-order valence-corrected chi connectivity index (χ2v) is 8.76. The molecule has 0 saturated heterocycles. The zero-order valence-corrected chi connectivity index (χ0v) is 19.6. The minimum absolute atomic E-state index is 0.223. The topological polar surface area (TPSA) is 43.4 Å². The van der Waals surface area contributed by atoms with E-state index < -0.39 is 5.97 Å². The quantitative estimate of drug-likeness (QED) is 0.0691. The van der Waals surface area contributed by atoms with Crippen molar-refractivity contribution in [2.75, 3.05) is 0 Å². The lowest BCUT2D eigenvalue weighted by atomic mass is 10.0. The molecule has 0 aromatic carbocycles. The van der Waals surface area contributed by atoms with E-state index in [0.29, 0.717) is 6.42 Å². The van der Waals surface area contributed by atoms with Gasteiger partial charge in [-0.3, -0.25) is 9.59 Å². The minimum atomic E-state index is -0.395. The van der Waals surface area contributed by atoms with Crippen LogP contribution in [0.5, 0.6) is 0 Å². The molecule has 0 fully saturated rings. The Kier molecular flexibility index (Phi) is 24.4. The van der Waals surface area contributed by atoms with Crippen LogP contribution in [0.3, 0.4) is 0 Å². The Morgan fingerprint density at radius 2 is 0.793 bits per heavy atom. The van der Waals surface area contributed by atoms with Gasteiger partial charge in [0.05, 0.1) is 0 Å². The zero-order chi connectivity index (χ0) is 21.3. The fourth-order valence-corrected chi connectivity index (χ4v) is 3.99. The van der Waals surface area contributed by atoms with Crippen molar-refractivity contribution in [2.45, 2.75) is 155 Å². The molecule has 0 unspecified atom stereocenters. The molecule has 172 valence electrons. The molecule has 3 nitrogen and oxygen atoms in total. The van der Waals surface area contributed by atoms with Crippen molar-refractivity contribution in [3.05, 3.63) is 0 Å². The molecule has 0 aromatic rings. The number of carbonyl (C=O) groups excluding carboxylic acids is 2. The normalized spacial score (nSPS) is 10.9. The molecule has 0 aliphatic rings. The lowest BCUT2D eigenvalue weighted by Gasteiger charge is -2.04. The summed E-state index contributed by atoms with van der Waals surface area (Å²) in [6.45, 7) is 2.51. The van der Waals surface area contributed by atoms with Crippen LogP contribution in [0.15, 0.2) is 0 Å². The molecule has 3 heteroatoms. The molecule has 0 bridgehead atoms. The summed E-state index contributed by atoms with van der Waals surface area (Å²) in [5.41, 5.74) is 0. The molecule has 0 N–H and O–H groups in total. The van der Waals surface area contributed by atoms with Crippen molar-refractivity contribution in [1.82, 2.24) is 0 Å². The van der Waals surface area contributed by atoms with Crippen LogP contribution in [0.1, 0.15) is 155 Å². The Morgan fingerprint density at radius 3 is 1.07 bits per heavy atom. The van der Waals surface area contributed by atoms with Gasteiger partial charge in [-0.15, -0.1) is 0 Å². The van der Waals surface area contributed by atoms with E-state index in [1.807, 2.05) is 0 Å². The fraction of sp³-hybridized carbons (Fsp3) is 0.923. The van der Waals surface area contributed by atoms with Gasteiger partial charge in [0, 0.05) is 6.42 Å². The molecule has 0 amide bonds. The van der Waals surface area contributed by atoms with Gasteiger partial charge in [-0.2, -0.15) is 0 Å². The Balaban J connectivity index is 3.03. The van der Waals surface area contributed by atoms with E-state index in [1.54, 1.807) is 0 Å². The maximum Gasteiger partial charge on any atom is 0.313 e. The first-order valence-electron chi connectivity index (χ1n) is 12.9. The van der Waals surface area contributed by atoms with Gasteiger partial charge in [0.1, 0.15) is 0 Å². The van der Waals surface area contributed by atoms with Gasteiger partial charge < -0.3 is 4.74 Å². The summed E-state index contributed by atoms with van der Waals surface area (Å²) in [5.74, 6) is -0.395. The van der Waals surface area contributed by atoms with Gasteiger partial charge in [-0.1, -0.05) is 142 Å². The third-order valence-electron chi connectivity index (χ3n) is 5.91. The van der Waals surface area contributed by atoms with Crippen LogP contribution in [0.2, 0.25) is 0 Å². The van der Waals surface area contributed by atoms with Crippen LogP contribution < -0.4 is 0 Å². The highest BCUT2D eigenvalue weighted by Crippen LogP contribution is 2.15. The maximum atomic E-state index is 11.0. The average molecular weight is 411 g/mol. The zero-order valence-electron chi connectivity index (χ0n) is 19.6. The fourth-order valence-electron chi connectivity index (χ4n) is 3.99. The highest BCUT2D eigenvalue weighted by atomic mass is 16.6. The predicted octanol–water partition coefficient (Wildman–Crippen LogP) is 8.68. The van der Waals surface area contributed by atoms with Gasteiger partial charge in [0.25, 0.3) is 0 Å². The summed E-state index contributed by atoms with van der Waals surface area (Å²) in [4.78, 5) is 21.0. The van der Waals surface area contributed by atoms with Crippen molar-refractivity contribution >= 4 is 12.4 Å². The van der Waals surface area contributed by atoms with Gasteiger partial charge in [-0.05, 0) is 6.42 Å². The van der Waals surface area contributed by atoms with Crippen LogP contribution in [-0.2, 0) is 14.3 Å². The van der Waals surface area contributed by atoms with Crippen molar-refractivity contribution in [1.29, 1.82) is 0 Å². The predicted molar refractivity (Wildman–Crippen MR) is 124 cm³/mol. The average Bonchev–Trinajstić information content (AvgIpc) is 2.72. The summed E-state index contributed by atoms with van der Waals surface area (Å²) in [5, 5.41) is 0. The molecule has 0 spiro atoms. The van der Waals surface area contributed by atoms with E-state index in [0.717, 1.165) is 12.8 Å². The Bertz CT molecular complexity index is 341. The van der Waals surface area contributed by atoms with E-state index in [-0.39, 0.29) is 6.47 Å². The lowest BCUT2D eigenvalue weighted by molar-refractivity contribution is -0.151. The summed E-state index contributed by atoms with van der Waals surface area (Å²) in [6.07, 6.45) is 30.3. The standard InChI is InChI=1S/C26H50O3/c1-2-3-4-5-6-7-8-9-10-11-12-13-14-15-16-17-18-19-20-21-22-23-24-26(28)29-25-27/h25H,2-24H2,1H3. The van der Waals surface area contributed by atoms with E-state index in [2.05, 4.69) is 11.7 Å². The van der Waals surface area contributed by atoms with Crippen molar-refractivity contribution in [2.24, 2.45) is 0 Å². The number of hydrogen-bond donors (Lipinski definition) is 0. The van der Waals surface area contributed by atoms with Crippen LogP contribution in [0.25, 0.3) is 0 Å². The molecule has 0 aromatic heterocycles. The number of ether oxygens (including phenoxy) is 1. The van der Waals surface area contributed by atoms with Crippen molar-refractivity contribution < 1.29 is 14.3 Å². The molecule has 0 aliphatic carbocycles. The molecule has 29 heavy (non-hydrogen) atoms. The first-order valence-corrected chi connectivity index (χ1v) is 12.9. The first kappa shape index (κ1) is 28.1. The molecule has 0 rings (SSSR count). The minimum Gasteiger partial charge on any atom is -0.395 e. The molecule has 0 aliphatic heterocycles. The Hall–Kier alpha value is -0.860. The summed E-state index contributed by atoms with van der Waals surface area (Å²) >= 11 is 0. The number of carbonyl (C=O) groups is 2. The van der Waals surface area contributed by atoms with Crippen LogP contribution in [0.4, 0.5) is 0 Å². The van der Waals surface area contributed by atoms with E-state index in [4.69, 9.17) is 0 Å². The third-order valence-corrected chi connectivity index (χ3v) is 5.91. The van der Waals surface area contributed by atoms with Crippen molar-refractivity contribution in [3.63, 3.8) is 0 Å². The van der Waals surface area contributed by atoms with Gasteiger partial charge >= 0.3 is 12.4 Å². The molecule has 0 saturated carbocycles. The highest BCUT2D eigenvalue weighted by molar-refractivity contribution is 5.76. The molecular formula is C26H50O3. The van der Waals surface area contributed by atoms with Gasteiger partial charge in [0.2, 0.25) is 0 Å². The Labute approximate surface area is 181 Å². The Morgan fingerprint density at radius 1 is 0.517 bits per heavy atom. The second-order valence-electron chi connectivity index (χ2n) is 8.76. The molecule has 0 atom stereocenters. The summed E-state index contributed by atoms with van der Waals surface area (Å²) in [6, 6.07) is 0. The van der Waals surface area contributed by atoms with Crippen LogP contribution in [-0.4, -0.2) is 12.4 Å². The summed E-state index contributed by atoms with van der Waals surface area (Å²) in [7, 11) is 0. The molecule has 0 heterocycles. The third kappa shape index (κ3) is 25.1. The largest absolute Gasteiger partial charge is 0.395 e. The smallest absolute Gasteiger partial charge is 0.313 e. The van der Waals surface area contributed by atoms with E-state index in [9.17, 15) is 9.59 Å². The van der Waals surface area contributed by atoms with E-state index in [1.165, 1.54) is 128 Å². The van der Waals surface area contributed by atoms with Crippen LogP contribution in [0, 0.1) is 0 Å². The van der Waals surface area contributed by atoms with Crippen LogP contribution >= 0.6 is 0 Å². The number of esters is 1. The number of unbranched alkanes of at least 4 members (excludes halogenated alkanes) is 21. The monoisotopic (exact) mass is 410 g/mol. The maximum absolute atomic E-state index is 11.0.